The van der Waals surface area contributed by atoms with Crippen molar-refractivity contribution >= 4 is 23.0 Å². The van der Waals surface area contributed by atoms with Crippen molar-refractivity contribution in [2.45, 2.75) is 0 Å². The molecule has 0 saturated carbocycles. The van der Waals surface area contributed by atoms with Gasteiger partial charge in [0, 0.05) is 29.7 Å². The van der Waals surface area contributed by atoms with E-state index >= 15 is 0 Å². The van der Waals surface area contributed by atoms with Crippen LogP contribution >= 0.6 is 0 Å². The monoisotopic (exact) mass is 361 g/mol. The summed E-state index contributed by atoms with van der Waals surface area (Å²) in [5, 5.41) is 5.20. The lowest BCUT2D eigenvalue weighted by atomic mass is 10.2. The molecule has 132 valence electrons. The predicted molar refractivity (Wildman–Crippen MR) is 88.2 cm³/mol. The van der Waals surface area contributed by atoms with Gasteiger partial charge >= 0.3 is 0 Å². The van der Waals surface area contributed by atoms with Crippen molar-refractivity contribution < 1.29 is 22.4 Å². The molecule has 0 aliphatic heterocycles. The van der Waals surface area contributed by atoms with E-state index in [4.69, 9.17) is 0 Å². The van der Waals surface area contributed by atoms with Crippen LogP contribution in [0.3, 0.4) is 0 Å². The van der Waals surface area contributed by atoms with Crippen molar-refractivity contribution in [1.29, 1.82) is 0 Å². The van der Waals surface area contributed by atoms with Gasteiger partial charge in [-0.2, -0.15) is 0 Å². The van der Waals surface area contributed by atoms with Crippen LogP contribution in [0.2, 0.25) is 0 Å². The van der Waals surface area contributed by atoms with E-state index in [0.717, 1.165) is 24.3 Å². The molecule has 3 rings (SSSR count). The number of rotatable bonds is 4. The number of carbonyl (C=O) groups excluding carboxylic acids is 1. The number of halogens is 4. The van der Waals surface area contributed by atoms with E-state index in [0.29, 0.717) is 5.69 Å². The zero-order valence-corrected chi connectivity index (χ0v) is 13.1. The second-order valence-electron chi connectivity index (χ2n) is 5.30. The molecule has 4 nitrogen and oxygen atoms in total. The fourth-order valence-corrected chi connectivity index (χ4v) is 2.15. The lowest BCUT2D eigenvalue weighted by molar-refractivity contribution is 0.102. The smallest absolute Gasteiger partial charge is 0.257 e. The third-order valence-electron chi connectivity index (χ3n) is 3.39. The van der Waals surface area contributed by atoms with Gasteiger partial charge in [-0.05, 0) is 30.3 Å². The number of pyridine rings is 1. The highest BCUT2D eigenvalue weighted by molar-refractivity contribution is 6.04. The quantitative estimate of drug-likeness (QED) is 0.666. The minimum Gasteiger partial charge on any atom is -0.354 e. The van der Waals surface area contributed by atoms with Crippen LogP contribution in [0.25, 0.3) is 0 Å². The van der Waals surface area contributed by atoms with E-state index in [2.05, 4.69) is 15.6 Å². The summed E-state index contributed by atoms with van der Waals surface area (Å²) < 4.78 is 52.3. The summed E-state index contributed by atoms with van der Waals surface area (Å²) in [6.07, 6.45) is 2.65. The van der Waals surface area contributed by atoms with Gasteiger partial charge in [0.05, 0.1) is 17.4 Å². The highest BCUT2D eigenvalue weighted by atomic mass is 19.2. The minimum absolute atomic E-state index is 0.0767. The molecular weight excluding hydrogens is 350 g/mol. The zero-order chi connectivity index (χ0) is 18.7. The number of amides is 1. The normalized spacial score (nSPS) is 10.5. The van der Waals surface area contributed by atoms with E-state index < -0.39 is 29.2 Å². The number of nitrogens with zero attached hydrogens (tertiary/aromatic N) is 1. The summed E-state index contributed by atoms with van der Waals surface area (Å²) in [5.74, 6) is -4.71. The summed E-state index contributed by atoms with van der Waals surface area (Å²) in [5.41, 5.74) is 0.827. The Labute approximate surface area is 145 Å². The van der Waals surface area contributed by atoms with Gasteiger partial charge in [-0.15, -0.1) is 0 Å². The number of nitrogens with one attached hydrogen (secondary N) is 2. The summed E-state index contributed by atoms with van der Waals surface area (Å²) in [7, 11) is 0. The van der Waals surface area contributed by atoms with Crippen LogP contribution in [0.5, 0.6) is 0 Å². The summed E-state index contributed by atoms with van der Waals surface area (Å²) in [6.45, 7) is 0. The summed E-state index contributed by atoms with van der Waals surface area (Å²) in [6, 6.07) is 7.63. The first-order valence-corrected chi connectivity index (χ1v) is 7.36. The molecule has 3 aromatic rings. The molecule has 0 spiro atoms. The van der Waals surface area contributed by atoms with Gasteiger partial charge in [-0.25, -0.2) is 17.6 Å². The standard InChI is InChI=1S/C18H11F4N3O/c19-14-3-1-11(6-16(14)21)24-13-5-10(8-23-9-13)18(26)25-12-2-4-15(20)17(22)7-12/h1-9,24H,(H,25,26). The van der Waals surface area contributed by atoms with Crippen molar-refractivity contribution in [3.63, 3.8) is 0 Å². The molecule has 0 unspecified atom stereocenters. The van der Waals surface area contributed by atoms with Crippen molar-refractivity contribution in [1.82, 2.24) is 4.98 Å². The van der Waals surface area contributed by atoms with Crippen LogP contribution in [0, 0.1) is 23.3 Å². The van der Waals surface area contributed by atoms with Crippen LogP contribution in [0.1, 0.15) is 10.4 Å². The van der Waals surface area contributed by atoms with Crippen LogP contribution in [0.15, 0.2) is 54.9 Å². The van der Waals surface area contributed by atoms with Crippen molar-refractivity contribution in [3.05, 3.63) is 83.7 Å². The first-order valence-electron chi connectivity index (χ1n) is 7.36. The maximum absolute atomic E-state index is 13.2. The molecule has 8 heteroatoms. The minimum atomic E-state index is -1.09. The summed E-state index contributed by atoms with van der Waals surface area (Å²) >= 11 is 0. The van der Waals surface area contributed by atoms with Gasteiger partial charge < -0.3 is 10.6 Å². The maximum Gasteiger partial charge on any atom is 0.257 e. The molecular formula is C18H11F4N3O. The Bertz CT molecular complexity index is 978. The Morgan fingerprint density at radius 2 is 1.35 bits per heavy atom. The molecule has 1 aromatic heterocycles. The third kappa shape index (κ3) is 3.97. The molecule has 0 aliphatic rings. The average molecular weight is 361 g/mol. The van der Waals surface area contributed by atoms with E-state index in [1.54, 1.807) is 0 Å². The number of anilines is 3. The number of hydrogen-bond acceptors (Lipinski definition) is 3. The van der Waals surface area contributed by atoms with E-state index in [-0.39, 0.29) is 16.9 Å². The van der Waals surface area contributed by atoms with Gasteiger partial charge in [-0.3, -0.25) is 9.78 Å². The Balaban J connectivity index is 1.76. The largest absolute Gasteiger partial charge is 0.354 e. The van der Waals surface area contributed by atoms with Gasteiger partial charge in [0.15, 0.2) is 23.3 Å². The lowest BCUT2D eigenvalue weighted by Gasteiger charge is -2.09. The number of carbonyl (C=O) groups is 1. The fraction of sp³-hybridized carbons (Fsp3) is 0. The Morgan fingerprint density at radius 1 is 0.731 bits per heavy atom. The Hall–Kier alpha value is -3.42. The maximum atomic E-state index is 13.2. The number of benzene rings is 2. The average Bonchev–Trinajstić information content (AvgIpc) is 2.61. The summed E-state index contributed by atoms with van der Waals surface area (Å²) in [4.78, 5) is 16.1. The topological polar surface area (TPSA) is 54.0 Å². The molecule has 26 heavy (non-hydrogen) atoms. The molecule has 0 radical (unpaired) electrons. The van der Waals surface area contributed by atoms with Crippen LogP contribution in [-0.2, 0) is 0 Å². The second kappa shape index (κ2) is 7.22. The van der Waals surface area contributed by atoms with Crippen molar-refractivity contribution in [2.24, 2.45) is 0 Å². The SMILES string of the molecule is O=C(Nc1ccc(F)c(F)c1)c1cncc(Nc2ccc(F)c(F)c2)c1. The van der Waals surface area contributed by atoms with Gasteiger partial charge in [-0.1, -0.05) is 0 Å². The van der Waals surface area contributed by atoms with Gasteiger partial charge in [0.25, 0.3) is 5.91 Å². The van der Waals surface area contributed by atoms with E-state index in [9.17, 15) is 22.4 Å². The van der Waals surface area contributed by atoms with E-state index in [1.807, 2.05) is 0 Å². The third-order valence-corrected chi connectivity index (χ3v) is 3.39. The van der Waals surface area contributed by atoms with E-state index in [1.165, 1.54) is 30.6 Å². The molecule has 0 aliphatic carbocycles. The molecule has 0 bridgehead atoms. The number of aromatic nitrogens is 1. The zero-order valence-electron chi connectivity index (χ0n) is 13.1. The molecule has 1 amide bonds. The molecule has 2 aromatic carbocycles. The van der Waals surface area contributed by atoms with Gasteiger partial charge in [0.1, 0.15) is 0 Å². The van der Waals surface area contributed by atoms with Gasteiger partial charge in [0.2, 0.25) is 0 Å². The van der Waals surface area contributed by atoms with Crippen molar-refractivity contribution in [3.8, 4) is 0 Å². The predicted octanol–water partition coefficient (Wildman–Crippen LogP) is 4.63. The highest BCUT2D eigenvalue weighted by Gasteiger charge is 2.10. The first-order chi connectivity index (χ1) is 12.4. The molecule has 0 atom stereocenters. The Morgan fingerprint density at radius 3 is 2.00 bits per heavy atom. The van der Waals surface area contributed by atoms with Crippen molar-refractivity contribution in [2.75, 3.05) is 10.6 Å². The molecule has 0 saturated heterocycles. The van der Waals surface area contributed by atoms with Crippen LogP contribution < -0.4 is 10.6 Å². The highest BCUT2D eigenvalue weighted by Crippen LogP contribution is 2.20. The fourth-order valence-electron chi connectivity index (χ4n) is 2.15. The molecule has 0 fully saturated rings. The second-order valence-corrected chi connectivity index (χ2v) is 5.30. The number of hydrogen-bond donors (Lipinski definition) is 2. The van der Waals surface area contributed by atoms with Crippen LogP contribution in [-0.4, -0.2) is 10.9 Å². The molecule has 1 heterocycles. The first kappa shape index (κ1) is 17.4. The lowest BCUT2D eigenvalue weighted by Crippen LogP contribution is -2.12. The van der Waals surface area contributed by atoms with Crippen LogP contribution in [0.4, 0.5) is 34.6 Å². The Kier molecular flexibility index (Phi) is 4.83. The molecule has 2 N–H and O–H groups in total.